The van der Waals surface area contributed by atoms with Crippen molar-refractivity contribution in [3.63, 3.8) is 0 Å². The van der Waals surface area contributed by atoms with Crippen LogP contribution in [-0.2, 0) is 36.8 Å². The van der Waals surface area contributed by atoms with E-state index in [-0.39, 0.29) is 12.8 Å². The van der Waals surface area contributed by atoms with Crippen molar-refractivity contribution in [2.75, 3.05) is 0 Å². The number of nitrogens with zero attached hydrogens (tertiary/aromatic N) is 2. The fourth-order valence-corrected chi connectivity index (χ4v) is 1.43. The van der Waals surface area contributed by atoms with E-state index >= 15 is 0 Å². The Morgan fingerprint density at radius 2 is 0.941 bits per heavy atom. The standard InChI is InChI=1S/2C6H9N3O2.3C2H4O2/c2*7-5(6(10)11)1-4-2-8-3-9-4;3*1-2(3)4/h2*2-3,5H,1,7H2,(H,8,9)(H,10,11);3*1H3,(H,3,4). The van der Waals surface area contributed by atoms with E-state index in [9.17, 15) is 9.59 Å². The minimum absolute atomic E-state index is 0.263. The zero-order valence-corrected chi connectivity index (χ0v) is 18.7. The van der Waals surface area contributed by atoms with Gasteiger partial charge in [-0.05, 0) is 0 Å². The number of carbonyl (C=O) groups is 5. The first-order valence-corrected chi connectivity index (χ1v) is 9.10. The third-order valence-corrected chi connectivity index (χ3v) is 2.60. The van der Waals surface area contributed by atoms with Crippen molar-refractivity contribution in [2.45, 2.75) is 45.7 Å². The van der Waals surface area contributed by atoms with Gasteiger partial charge in [-0.1, -0.05) is 0 Å². The molecule has 0 aliphatic rings. The van der Waals surface area contributed by atoms with Gasteiger partial charge >= 0.3 is 11.9 Å². The van der Waals surface area contributed by atoms with Gasteiger partial charge in [0.2, 0.25) is 0 Å². The van der Waals surface area contributed by atoms with Crippen molar-refractivity contribution in [1.29, 1.82) is 0 Å². The second-order valence-electron chi connectivity index (χ2n) is 5.98. The van der Waals surface area contributed by atoms with Gasteiger partial charge in [-0.3, -0.25) is 24.0 Å². The lowest BCUT2D eigenvalue weighted by Gasteiger charge is -2.01. The number of rotatable bonds is 6. The highest BCUT2D eigenvalue weighted by molar-refractivity contribution is 5.73. The summed E-state index contributed by atoms with van der Waals surface area (Å²) in [5, 5.41) is 39.1. The predicted molar refractivity (Wildman–Crippen MR) is 116 cm³/mol. The molecule has 2 atom stereocenters. The second kappa shape index (κ2) is 20.6. The third kappa shape index (κ3) is 29.9. The summed E-state index contributed by atoms with van der Waals surface area (Å²) in [6.45, 7) is 3.25. The van der Waals surface area contributed by atoms with Gasteiger partial charge in [0.15, 0.2) is 0 Å². The first-order chi connectivity index (χ1) is 15.6. The number of carboxylic acid groups (broad SMARTS) is 5. The van der Waals surface area contributed by atoms with Crippen LogP contribution in [0.15, 0.2) is 25.0 Å². The highest BCUT2D eigenvalue weighted by atomic mass is 16.4. The number of hydrogen-bond donors (Lipinski definition) is 9. The lowest BCUT2D eigenvalue weighted by molar-refractivity contribution is -0.139. The van der Waals surface area contributed by atoms with E-state index in [0.29, 0.717) is 11.4 Å². The Morgan fingerprint density at radius 3 is 1.09 bits per heavy atom. The van der Waals surface area contributed by atoms with Crippen LogP contribution < -0.4 is 11.5 Å². The number of nitrogens with two attached hydrogens (primary N) is 2. The van der Waals surface area contributed by atoms with Crippen LogP contribution in [0.3, 0.4) is 0 Å². The molecule has 0 saturated carbocycles. The normalized spacial score (nSPS) is 10.5. The minimum Gasteiger partial charge on any atom is -0.481 e. The number of imidazole rings is 2. The molecule has 0 amide bonds. The molecule has 11 N–H and O–H groups in total. The van der Waals surface area contributed by atoms with Crippen LogP contribution in [0, 0.1) is 0 Å². The van der Waals surface area contributed by atoms with Gasteiger partial charge in [-0.15, -0.1) is 0 Å². The largest absolute Gasteiger partial charge is 0.481 e. The SMILES string of the molecule is CC(=O)O.CC(=O)O.CC(=O)O.NC(Cc1c[nH]cn1)C(=O)O.NC(Cc1c[nH]cn1)C(=O)O. The van der Waals surface area contributed by atoms with Crippen molar-refractivity contribution < 1.29 is 49.5 Å². The lowest BCUT2D eigenvalue weighted by Crippen LogP contribution is -2.32. The lowest BCUT2D eigenvalue weighted by atomic mass is 10.2. The summed E-state index contributed by atoms with van der Waals surface area (Å²) < 4.78 is 0. The highest BCUT2D eigenvalue weighted by Gasteiger charge is 2.13. The first-order valence-electron chi connectivity index (χ1n) is 9.10. The number of carboxylic acids is 5. The van der Waals surface area contributed by atoms with E-state index in [0.717, 1.165) is 20.8 Å². The van der Waals surface area contributed by atoms with Crippen LogP contribution in [0.1, 0.15) is 32.2 Å². The number of aromatic amines is 2. The van der Waals surface area contributed by atoms with E-state index in [1.165, 1.54) is 12.7 Å². The smallest absolute Gasteiger partial charge is 0.320 e. The van der Waals surface area contributed by atoms with E-state index in [1.807, 2.05) is 0 Å². The number of nitrogens with one attached hydrogen (secondary N) is 2. The second-order valence-corrected chi connectivity index (χ2v) is 5.98. The van der Waals surface area contributed by atoms with Crippen LogP contribution in [0.4, 0.5) is 0 Å². The predicted octanol–water partition coefficient (Wildman–Crippen LogP) is -0.999. The molecule has 2 aromatic rings. The van der Waals surface area contributed by atoms with Crippen LogP contribution in [0.5, 0.6) is 0 Å². The number of aromatic nitrogens is 4. The molecule has 0 spiro atoms. The van der Waals surface area contributed by atoms with E-state index in [4.69, 9.17) is 51.4 Å². The monoisotopic (exact) mass is 490 g/mol. The van der Waals surface area contributed by atoms with Gasteiger partial charge in [0.1, 0.15) is 12.1 Å². The van der Waals surface area contributed by atoms with Crippen molar-refractivity contribution in [1.82, 2.24) is 19.9 Å². The molecule has 0 aliphatic carbocycles. The number of H-pyrrole nitrogens is 2. The summed E-state index contributed by atoms with van der Waals surface area (Å²) in [6.07, 6.45) is 6.76. The summed E-state index contributed by atoms with van der Waals surface area (Å²) >= 11 is 0. The molecule has 34 heavy (non-hydrogen) atoms. The van der Waals surface area contributed by atoms with Crippen molar-refractivity contribution in [3.05, 3.63) is 36.4 Å². The van der Waals surface area contributed by atoms with Crippen LogP contribution in [0.2, 0.25) is 0 Å². The minimum atomic E-state index is -1.01. The van der Waals surface area contributed by atoms with E-state index in [1.54, 1.807) is 12.4 Å². The Morgan fingerprint density at radius 1 is 0.706 bits per heavy atom. The molecular formula is C18H30N6O10. The molecule has 0 fully saturated rings. The molecule has 0 aromatic carbocycles. The average molecular weight is 490 g/mol. The summed E-state index contributed by atoms with van der Waals surface area (Å²) in [4.78, 5) is 60.6. The molecule has 16 nitrogen and oxygen atoms in total. The molecule has 0 radical (unpaired) electrons. The zero-order valence-electron chi connectivity index (χ0n) is 18.7. The Labute approximate surface area is 193 Å². The van der Waals surface area contributed by atoms with Gasteiger partial charge in [0.25, 0.3) is 17.9 Å². The maximum atomic E-state index is 10.3. The fraction of sp³-hybridized carbons (Fsp3) is 0.389. The van der Waals surface area contributed by atoms with Gasteiger partial charge in [-0.2, -0.15) is 0 Å². The average Bonchev–Trinajstić information content (AvgIpc) is 3.34. The zero-order chi connectivity index (χ0) is 27.3. The molecule has 2 rings (SSSR count). The Bertz CT molecular complexity index is 747. The summed E-state index contributed by atoms with van der Waals surface area (Å²) in [7, 11) is 0. The van der Waals surface area contributed by atoms with Gasteiger partial charge in [0, 0.05) is 46.0 Å². The molecule has 0 bridgehead atoms. The molecule has 16 heteroatoms. The molecule has 0 aliphatic heterocycles. The molecule has 2 heterocycles. The third-order valence-electron chi connectivity index (χ3n) is 2.60. The maximum Gasteiger partial charge on any atom is 0.320 e. The fourth-order valence-electron chi connectivity index (χ4n) is 1.43. The Hall–Kier alpha value is -4.31. The quantitative estimate of drug-likeness (QED) is 0.235. The molecule has 2 unspecified atom stereocenters. The summed E-state index contributed by atoms with van der Waals surface area (Å²) in [5.41, 5.74) is 11.8. The summed E-state index contributed by atoms with van der Waals surface area (Å²) in [5.74, 6) is -4.51. The van der Waals surface area contributed by atoms with Crippen molar-refractivity contribution >= 4 is 29.8 Å². The molecule has 0 saturated heterocycles. The Balaban J connectivity index is -0.000000390. The van der Waals surface area contributed by atoms with E-state index < -0.39 is 41.9 Å². The maximum absolute atomic E-state index is 10.3. The molecular weight excluding hydrogens is 460 g/mol. The van der Waals surface area contributed by atoms with Crippen LogP contribution >= 0.6 is 0 Å². The van der Waals surface area contributed by atoms with Crippen molar-refractivity contribution in [3.8, 4) is 0 Å². The van der Waals surface area contributed by atoms with Crippen molar-refractivity contribution in [2.24, 2.45) is 11.5 Å². The Kier molecular flexibility index (Phi) is 20.8. The van der Waals surface area contributed by atoms with E-state index in [2.05, 4.69) is 19.9 Å². The molecule has 2 aromatic heterocycles. The highest BCUT2D eigenvalue weighted by Crippen LogP contribution is 1.96. The first kappa shape index (κ1) is 34.3. The summed E-state index contributed by atoms with van der Waals surface area (Å²) in [6, 6.07) is -1.73. The topological polar surface area (TPSA) is 296 Å². The van der Waals surface area contributed by atoms with Crippen LogP contribution in [0.25, 0.3) is 0 Å². The van der Waals surface area contributed by atoms with Gasteiger partial charge in [-0.25, -0.2) is 9.97 Å². The number of aliphatic carboxylic acids is 5. The molecule has 192 valence electrons. The van der Waals surface area contributed by atoms with Gasteiger partial charge < -0.3 is 47.0 Å². The number of hydrogen-bond acceptors (Lipinski definition) is 9. The van der Waals surface area contributed by atoms with Gasteiger partial charge in [0.05, 0.1) is 24.0 Å². The van der Waals surface area contributed by atoms with Crippen LogP contribution in [-0.4, -0.2) is 87.4 Å².